The molecule has 2 N–H and O–H groups in total. The predicted octanol–water partition coefficient (Wildman–Crippen LogP) is 4.04. The second-order valence-corrected chi connectivity index (χ2v) is 5.23. The largest absolute Gasteiger partial charge is 0.457 e. The molecule has 2 aromatic rings. The van der Waals surface area contributed by atoms with Crippen LogP contribution in [0.15, 0.2) is 46.9 Å². The number of hydrogen-bond donors (Lipinski definition) is 1. The molecule has 0 aromatic heterocycles. The molecule has 0 bridgehead atoms. The molecule has 2 aromatic carbocycles. The number of anilines is 1. The van der Waals surface area contributed by atoms with Crippen molar-refractivity contribution in [3.8, 4) is 0 Å². The molecule has 0 saturated carbocycles. The Balaban J connectivity index is 2.08. The first-order valence-corrected chi connectivity index (χ1v) is 6.70. The fourth-order valence-electron chi connectivity index (χ4n) is 1.57. The molecule has 3 nitrogen and oxygen atoms in total. The van der Waals surface area contributed by atoms with Crippen molar-refractivity contribution in [2.24, 2.45) is 0 Å². The standard InChI is InChI=1S/C14H11BrClNO2/c15-10-4-1-3-9(7-10)8-19-14(18)11-5-2-6-12(16)13(11)17/h1-7H,8,17H2. The number of ether oxygens (including phenoxy) is 1. The summed E-state index contributed by atoms with van der Waals surface area (Å²) in [6.45, 7) is 0.185. The van der Waals surface area contributed by atoms with Crippen LogP contribution < -0.4 is 5.73 Å². The van der Waals surface area contributed by atoms with Crippen LogP contribution in [0.25, 0.3) is 0 Å². The van der Waals surface area contributed by atoms with Crippen molar-refractivity contribution >= 4 is 39.2 Å². The number of benzene rings is 2. The lowest BCUT2D eigenvalue weighted by molar-refractivity contribution is 0.0474. The topological polar surface area (TPSA) is 52.3 Å². The zero-order valence-corrected chi connectivity index (χ0v) is 12.2. The number of hydrogen-bond acceptors (Lipinski definition) is 3. The minimum atomic E-state index is -0.486. The van der Waals surface area contributed by atoms with Gasteiger partial charge in [-0.3, -0.25) is 0 Å². The van der Waals surface area contributed by atoms with Gasteiger partial charge in [-0.2, -0.15) is 0 Å². The van der Waals surface area contributed by atoms with E-state index in [1.807, 2.05) is 24.3 Å². The zero-order valence-electron chi connectivity index (χ0n) is 9.90. The summed E-state index contributed by atoms with van der Waals surface area (Å²) < 4.78 is 6.14. The maximum absolute atomic E-state index is 11.9. The smallest absolute Gasteiger partial charge is 0.340 e. The first-order chi connectivity index (χ1) is 9.08. The van der Waals surface area contributed by atoms with E-state index in [0.29, 0.717) is 5.02 Å². The molecule has 0 aliphatic carbocycles. The van der Waals surface area contributed by atoms with Gasteiger partial charge in [0.15, 0.2) is 0 Å². The van der Waals surface area contributed by atoms with Crippen molar-refractivity contribution in [3.05, 3.63) is 63.1 Å². The average molecular weight is 341 g/mol. The van der Waals surface area contributed by atoms with Crippen LogP contribution in [0.1, 0.15) is 15.9 Å². The molecule has 5 heteroatoms. The molecule has 0 spiro atoms. The molecule has 0 amide bonds. The summed E-state index contributed by atoms with van der Waals surface area (Å²) in [6.07, 6.45) is 0. The fraction of sp³-hybridized carbons (Fsp3) is 0.0714. The van der Waals surface area contributed by atoms with Gasteiger partial charge in [-0.1, -0.05) is 45.7 Å². The Kier molecular flexibility index (Phi) is 4.45. The Morgan fingerprint density at radius 1 is 1.26 bits per heavy atom. The summed E-state index contributed by atoms with van der Waals surface area (Å²) in [6, 6.07) is 12.4. The molecule has 19 heavy (non-hydrogen) atoms. The van der Waals surface area contributed by atoms with E-state index in [4.69, 9.17) is 22.1 Å². The summed E-state index contributed by atoms with van der Waals surface area (Å²) in [5.41, 5.74) is 7.15. The van der Waals surface area contributed by atoms with Gasteiger partial charge in [0.1, 0.15) is 6.61 Å². The summed E-state index contributed by atoms with van der Waals surface area (Å²) >= 11 is 9.21. The van der Waals surface area contributed by atoms with Gasteiger partial charge in [-0.05, 0) is 29.8 Å². The predicted molar refractivity (Wildman–Crippen MR) is 79.1 cm³/mol. The molecule has 2 rings (SSSR count). The average Bonchev–Trinajstić information content (AvgIpc) is 2.39. The monoisotopic (exact) mass is 339 g/mol. The van der Waals surface area contributed by atoms with E-state index in [-0.39, 0.29) is 17.9 Å². The van der Waals surface area contributed by atoms with Crippen molar-refractivity contribution in [2.75, 3.05) is 5.73 Å². The van der Waals surface area contributed by atoms with Crippen LogP contribution in [0.5, 0.6) is 0 Å². The highest BCUT2D eigenvalue weighted by Crippen LogP contribution is 2.23. The third-order valence-corrected chi connectivity index (χ3v) is 3.35. The van der Waals surface area contributed by atoms with Gasteiger partial charge in [-0.25, -0.2) is 4.79 Å². The maximum Gasteiger partial charge on any atom is 0.340 e. The summed E-state index contributed by atoms with van der Waals surface area (Å²) in [7, 11) is 0. The van der Waals surface area contributed by atoms with Gasteiger partial charge in [0.2, 0.25) is 0 Å². The number of nitrogens with two attached hydrogens (primary N) is 1. The van der Waals surface area contributed by atoms with Crippen molar-refractivity contribution in [3.63, 3.8) is 0 Å². The van der Waals surface area contributed by atoms with E-state index in [1.54, 1.807) is 18.2 Å². The van der Waals surface area contributed by atoms with Crippen LogP contribution in [-0.2, 0) is 11.3 Å². The molecule has 98 valence electrons. The number of para-hydroxylation sites is 1. The van der Waals surface area contributed by atoms with E-state index in [1.165, 1.54) is 0 Å². The van der Waals surface area contributed by atoms with Crippen LogP contribution in [0, 0.1) is 0 Å². The van der Waals surface area contributed by atoms with Crippen LogP contribution in [0.3, 0.4) is 0 Å². The highest BCUT2D eigenvalue weighted by atomic mass is 79.9. The second kappa shape index (κ2) is 6.08. The fourth-order valence-corrected chi connectivity index (χ4v) is 2.19. The summed E-state index contributed by atoms with van der Waals surface area (Å²) in [5.74, 6) is -0.486. The van der Waals surface area contributed by atoms with E-state index in [2.05, 4.69) is 15.9 Å². The number of carbonyl (C=O) groups excluding carboxylic acids is 1. The molecule has 0 aliphatic heterocycles. The van der Waals surface area contributed by atoms with Crippen LogP contribution in [0.4, 0.5) is 5.69 Å². The summed E-state index contributed by atoms with van der Waals surface area (Å²) in [4.78, 5) is 11.9. The molecular formula is C14H11BrClNO2. The Morgan fingerprint density at radius 2 is 2.00 bits per heavy atom. The number of carbonyl (C=O) groups is 1. The van der Waals surface area contributed by atoms with Crippen molar-refractivity contribution in [2.45, 2.75) is 6.61 Å². The highest BCUT2D eigenvalue weighted by Gasteiger charge is 2.13. The lowest BCUT2D eigenvalue weighted by Crippen LogP contribution is -2.08. The van der Waals surface area contributed by atoms with E-state index >= 15 is 0 Å². The molecular weight excluding hydrogens is 330 g/mol. The number of nitrogen functional groups attached to an aromatic ring is 1. The minimum Gasteiger partial charge on any atom is -0.457 e. The first kappa shape index (κ1) is 13.9. The van der Waals surface area contributed by atoms with Crippen molar-refractivity contribution in [1.29, 1.82) is 0 Å². The second-order valence-electron chi connectivity index (χ2n) is 3.91. The van der Waals surface area contributed by atoms with Gasteiger partial charge in [0.25, 0.3) is 0 Å². The molecule has 0 fully saturated rings. The molecule has 0 saturated heterocycles. The lowest BCUT2D eigenvalue weighted by Gasteiger charge is -2.08. The number of halogens is 2. The van der Waals surface area contributed by atoms with E-state index < -0.39 is 5.97 Å². The lowest BCUT2D eigenvalue weighted by atomic mass is 10.2. The Hall–Kier alpha value is -1.52. The Labute approximate surface area is 124 Å². The SMILES string of the molecule is Nc1c(Cl)cccc1C(=O)OCc1cccc(Br)c1. The third kappa shape index (κ3) is 3.49. The molecule has 0 radical (unpaired) electrons. The van der Waals surface area contributed by atoms with Gasteiger partial charge in [0, 0.05) is 4.47 Å². The maximum atomic E-state index is 11.9. The number of rotatable bonds is 3. The van der Waals surface area contributed by atoms with Crippen LogP contribution in [0.2, 0.25) is 5.02 Å². The van der Waals surface area contributed by atoms with Crippen LogP contribution >= 0.6 is 27.5 Å². The molecule has 0 atom stereocenters. The Morgan fingerprint density at radius 3 is 2.74 bits per heavy atom. The normalized spacial score (nSPS) is 10.2. The zero-order chi connectivity index (χ0) is 13.8. The van der Waals surface area contributed by atoms with E-state index in [9.17, 15) is 4.79 Å². The highest BCUT2D eigenvalue weighted by molar-refractivity contribution is 9.10. The van der Waals surface area contributed by atoms with E-state index in [0.717, 1.165) is 10.0 Å². The quantitative estimate of drug-likeness (QED) is 0.677. The molecule has 0 aliphatic rings. The van der Waals surface area contributed by atoms with Gasteiger partial charge >= 0.3 is 5.97 Å². The third-order valence-electron chi connectivity index (χ3n) is 2.53. The minimum absolute atomic E-state index is 0.185. The van der Waals surface area contributed by atoms with Gasteiger partial charge in [0.05, 0.1) is 16.3 Å². The van der Waals surface area contributed by atoms with Gasteiger partial charge in [-0.15, -0.1) is 0 Å². The molecule has 0 heterocycles. The number of esters is 1. The van der Waals surface area contributed by atoms with Crippen LogP contribution in [-0.4, -0.2) is 5.97 Å². The summed E-state index contributed by atoms with van der Waals surface area (Å²) in [5, 5.41) is 0.344. The first-order valence-electron chi connectivity index (χ1n) is 5.53. The van der Waals surface area contributed by atoms with Crippen molar-refractivity contribution in [1.82, 2.24) is 0 Å². The van der Waals surface area contributed by atoms with Gasteiger partial charge < -0.3 is 10.5 Å². The van der Waals surface area contributed by atoms with Crippen molar-refractivity contribution < 1.29 is 9.53 Å². The Bertz CT molecular complexity index is 616. The molecule has 0 unspecified atom stereocenters.